The van der Waals surface area contributed by atoms with E-state index >= 15 is 0 Å². The highest BCUT2D eigenvalue weighted by Crippen LogP contribution is 2.40. The van der Waals surface area contributed by atoms with E-state index in [-0.39, 0.29) is 27.7 Å². The van der Waals surface area contributed by atoms with Crippen LogP contribution in [-0.4, -0.2) is 30.5 Å². The van der Waals surface area contributed by atoms with E-state index in [1.165, 1.54) is 29.6 Å². The molecule has 3 aromatic carbocycles. The molecule has 0 radical (unpaired) electrons. The molecule has 4 rings (SSSR count). The first-order chi connectivity index (χ1) is 14.7. The van der Waals surface area contributed by atoms with Gasteiger partial charge in [-0.05, 0) is 66.6 Å². The first-order valence-electron chi connectivity index (χ1n) is 9.29. The predicted octanol–water partition coefficient (Wildman–Crippen LogP) is 3.39. The third-order valence-electron chi connectivity index (χ3n) is 4.97. The molecule has 7 nitrogen and oxygen atoms in total. The fraction of sp³-hybridized carbons (Fsp3) is 0.143. The summed E-state index contributed by atoms with van der Waals surface area (Å²) in [5.41, 5.74) is 1.12. The third kappa shape index (κ3) is 3.96. The van der Waals surface area contributed by atoms with Crippen LogP contribution in [0.1, 0.15) is 5.56 Å². The normalized spacial score (nSPS) is 13.7. The zero-order chi connectivity index (χ0) is 22.2. The standard InChI is InChI=1S/C21H19FN2O5S2/c1-29-17-7-11-19(12-8-17)31(27,28)24-14-13-15-3-2-4-20(21(15)24)23-30(25,26)18-9-5-16(22)6-10-18/h2-12,23H,13-14H2,1H3. The third-order valence-corrected chi connectivity index (χ3v) is 8.16. The summed E-state index contributed by atoms with van der Waals surface area (Å²) in [6.45, 7) is 0.180. The van der Waals surface area contributed by atoms with Crippen LogP contribution in [0.2, 0.25) is 0 Å². The van der Waals surface area contributed by atoms with E-state index < -0.39 is 25.9 Å². The zero-order valence-electron chi connectivity index (χ0n) is 16.4. The maximum Gasteiger partial charge on any atom is 0.264 e. The first-order valence-corrected chi connectivity index (χ1v) is 12.2. The van der Waals surface area contributed by atoms with E-state index in [9.17, 15) is 21.2 Å². The Kier molecular flexibility index (Phi) is 5.36. The first kappa shape index (κ1) is 21.1. The number of hydrogen-bond donors (Lipinski definition) is 1. The predicted molar refractivity (Wildman–Crippen MR) is 115 cm³/mol. The van der Waals surface area contributed by atoms with Crippen molar-refractivity contribution in [1.29, 1.82) is 0 Å². The minimum Gasteiger partial charge on any atom is -0.497 e. The van der Waals surface area contributed by atoms with Gasteiger partial charge in [0.15, 0.2) is 0 Å². The van der Waals surface area contributed by atoms with Crippen molar-refractivity contribution in [1.82, 2.24) is 0 Å². The lowest BCUT2D eigenvalue weighted by molar-refractivity contribution is 0.414. The molecule has 3 aromatic rings. The molecule has 0 spiro atoms. The van der Waals surface area contributed by atoms with Crippen LogP contribution in [0, 0.1) is 5.82 Å². The molecule has 162 valence electrons. The second-order valence-corrected chi connectivity index (χ2v) is 10.4. The fourth-order valence-corrected chi connectivity index (χ4v) is 6.03. The maximum atomic E-state index is 13.3. The molecule has 0 unspecified atom stereocenters. The van der Waals surface area contributed by atoms with E-state index in [0.29, 0.717) is 17.7 Å². The van der Waals surface area contributed by atoms with Gasteiger partial charge in [-0.25, -0.2) is 21.2 Å². The number of nitrogens with zero attached hydrogens (tertiary/aromatic N) is 1. The van der Waals surface area contributed by atoms with Crippen LogP contribution in [0.15, 0.2) is 76.5 Å². The summed E-state index contributed by atoms with van der Waals surface area (Å²) in [7, 11) is -6.50. The summed E-state index contributed by atoms with van der Waals surface area (Å²) in [4.78, 5) is -0.0635. The van der Waals surface area contributed by atoms with E-state index in [0.717, 1.165) is 24.3 Å². The molecule has 0 saturated carbocycles. The van der Waals surface area contributed by atoms with Crippen molar-refractivity contribution in [3.05, 3.63) is 78.1 Å². The lowest BCUT2D eigenvalue weighted by Crippen LogP contribution is -2.30. The monoisotopic (exact) mass is 462 g/mol. The van der Waals surface area contributed by atoms with Gasteiger partial charge < -0.3 is 4.74 Å². The van der Waals surface area contributed by atoms with Crippen LogP contribution in [0.5, 0.6) is 5.75 Å². The zero-order valence-corrected chi connectivity index (χ0v) is 18.1. The van der Waals surface area contributed by atoms with Gasteiger partial charge in [0.05, 0.1) is 28.3 Å². The van der Waals surface area contributed by atoms with Crippen LogP contribution in [0.25, 0.3) is 0 Å². The molecule has 0 aromatic heterocycles. The fourth-order valence-electron chi connectivity index (χ4n) is 3.44. The highest BCUT2D eigenvalue weighted by molar-refractivity contribution is 7.93. The number of ether oxygens (including phenoxy) is 1. The quantitative estimate of drug-likeness (QED) is 0.606. The molecule has 0 saturated heterocycles. The molecular weight excluding hydrogens is 443 g/mol. The number of rotatable bonds is 6. The Bertz CT molecular complexity index is 1320. The number of methoxy groups -OCH3 is 1. The summed E-state index contributed by atoms with van der Waals surface area (Å²) in [6.07, 6.45) is 0.441. The molecule has 31 heavy (non-hydrogen) atoms. The van der Waals surface area contributed by atoms with Gasteiger partial charge >= 0.3 is 0 Å². The molecule has 10 heteroatoms. The van der Waals surface area contributed by atoms with E-state index in [1.807, 2.05) is 0 Å². The van der Waals surface area contributed by atoms with Crippen molar-refractivity contribution in [2.24, 2.45) is 0 Å². The molecule has 1 aliphatic heterocycles. The molecule has 1 N–H and O–H groups in total. The van der Waals surface area contributed by atoms with Crippen LogP contribution in [-0.2, 0) is 26.5 Å². The number of sulfonamides is 2. The Morgan fingerprint density at radius 1 is 0.903 bits per heavy atom. The second kappa shape index (κ2) is 7.86. The van der Waals surface area contributed by atoms with Crippen molar-refractivity contribution in [2.75, 3.05) is 22.7 Å². The molecule has 0 fully saturated rings. The Hall–Kier alpha value is -3.11. The molecule has 0 amide bonds. The van der Waals surface area contributed by atoms with Crippen LogP contribution in [0.3, 0.4) is 0 Å². The van der Waals surface area contributed by atoms with Crippen LogP contribution in [0.4, 0.5) is 15.8 Å². The van der Waals surface area contributed by atoms with Gasteiger partial charge in [0.25, 0.3) is 20.0 Å². The molecule has 0 bridgehead atoms. The van der Waals surface area contributed by atoms with Crippen molar-refractivity contribution >= 4 is 31.4 Å². The van der Waals surface area contributed by atoms with Gasteiger partial charge in [-0.1, -0.05) is 12.1 Å². The summed E-state index contributed by atoms with van der Waals surface area (Å²) in [5.74, 6) is -0.0372. The largest absolute Gasteiger partial charge is 0.497 e. The maximum absolute atomic E-state index is 13.3. The number of nitrogens with one attached hydrogen (secondary N) is 1. The van der Waals surface area contributed by atoms with E-state index in [1.54, 1.807) is 24.3 Å². The van der Waals surface area contributed by atoms with Gasteiger partial charge in [-0.2, -0.15) is 0 Å². The van der Waals surface area contributed by atoms with Gasteiger partial charge in [0, 0.05) is 6.54 Å². The van der Waals surface area contributed by atoms with Crippen molar-refractivity contribution in [3.8, 4) is 5.75 Å². The number of para-hydroxylation sites is 1. The Labute approximate surface area is 180 Å². The Balaban J connectivity index is 1.73. The number of hydrogen-bond acceptors (Lipinski definition) is 5. The lowest BCUT2D eigenvalue weighted by Gasteiger charge is -2.22. The Morgan fingerprint density at radius 2 is 1.55 bits per heavy atom. The minimum atomic E-state index is -4.05. The Morgan fingerprint density at radius 3 is 2.19 bits per heavy atom. The SMILES string of the molecule is COc1ccc(S(=O)(=O)N2CCc3cccc(NS(=O)(=O)c4ccc(F)cc4)c32)cc1. The van der Waals surface area contributed by atoms with Crippen LogP contribution < -0.4 is 13.8 Å². The smallest absolute Gasteiger partial charge is 0.264 e. The van der Waals surface area contributed by atoms with Crippen molar-refractivity contribution in [2.45, 2.75) is 16.2 Å². The topological polar surface area (TPSA) is 92.8 Å². The van der Waals surface area contributed by atoms with Crippen LogP contribution >= 0.6 is 0 Å². The molecule has 0 aliphatic carbocycles. The molecule has 0 atom stereocenters. The summed E-state index contributed by atoms with van der Waals surface area (Å²) in [5, 5.41) is 0. The number of fused-ring (bicyclic) bond motifs is 1. The highest BCUT2D eigenvalue weighted by atomic mass is 32.2. The average molecular weight is 463 g/mol. The molecule has 1 heterocycles. The van der Waals surface area contributed by atoms with Gasteiger partial charge in [0.1, 0.15) is 11.6 Å². The minimum absolute atomic E-state index is 0.0670. The summed E-state index contributed by atoms with van der Waals surface area (Å²) in [6, 6.07) is 15.3. The number of anilines is 2. The average Bonchev–Trinajstić information content (AvgIpc) is 3.20. The number of halogens is 1. The van der Waals surface area contributed by atoms with Gasteiger partial charge in [0.2, 0.25) is 0 Å². The van der Waals surface area contributed by atoms with Crippen molar-refractivity contribution < 1.29 is 26.0 Å². The van der Waals surface area contributed by atoms with Gasteiger partial charge in [-0.15, -0.1) is 0 Å². The molecule has 1 aliphatic rings. The summed E-state index contributed by atoms with van der Waals surface area (Å²) < 4.78 is 74.1. The lowest BCUT2D eigenvalue weighted by atomic mass is 10.1. The summed E-state index contributed by atoms with van der Waals surface area (Å²) >= 11 is 0. The number of benzene rings is 3. The van der Waals surface area contributed by atoms with Gasteiger partial charge in [-0.3, -0.25) is 9.03 Å². The van der Waals surface area contributed by atoms with E-state index in [2.05, 4.69) is 4.72 Å². The molecular formula is C21H19FN2O5S2. The van der Waals surface area contributed by atoms with Crippen molar-refractivity contribution in [3.63, 3.8) is 0 Å². The van der Waals surface area contributed by atoms with E-state index in [4.69, 9.17) is 4.74 Å². The second-order valence-electron chi connectivity index (χ2n) is 6.88. The highest BCUT2D eigenvalue weighted by Gasteiger charge is 2.34.